The Kier molecular flexibility index (Phi) is 1.15. The van der Waals surface area contributed by atoms with Crippen LogP contribution in [0.3, 0.4) is 0 Å². The van der Waals surface area contributed by atoms with Crippen molar-refractivity contribution in [2.75, 3.05) is 0 Å². The summed E-state index contributed by atoms with van der Waals surface area (Å²) >= 11 is 0. The normalized spacial score (nSPS) is 10.6. The lowest BCUT2D eigenvalue weighted by atomic mass is 10.2. The van der Waals surface area contributed by atoms with Gasteiger partial charge in [-0.1, -0.05) is 0 Å². The lowest BCUT2D eigenvalue weighted by molar-refractivity contribution is 0.476. The van der Waals surface area contributed by atoms with Crippen molar-refractivity contribution < 1.29 is 5.11 Å². The lowest BCUT2D eigenvalue weighted by Gasteiger charge is -1.94. The first-order chi connectivity index (χ1) is 5.27. The molecule has 1 radical (unpaired) electrons. The first kappa shape index (κ1) is 6.28. The second-order valence-corrected chi connectivity index (χ2v) is 2.58. The van der Waals surface area contributed by atoms with Gasteiger partial charge in [0.1, 0.15) is 5.75 Å². The topological polar surface area (TPSA) is 25.2 Å². The lowest BCUT2D eigenvalue weighted by Crippen LogP contribution is -1.82. The second kappa shape index (κ2) is 2.02. The largest absolute Gasteiger partial charge is 0.508 e. The van der Waals surface area contributed by atoms with Crippen LogP contribution < -0.4 is 0 Å². The molecule has 0 fully saturated rings. The molecule has 0 amide bonds. The van der Waals surface area contributed by atoms with E-state index in [1.165, 1.54) is 0 Å². The van der Waals surface area contributed by atoms with Crippen molar-refractivity contribution >= 4 is 10.9 Å². The van der Waals surface area contributed by atoms with Crippen LogP contribution in [0, 0.1) is 6.20 Å². The monoisotopic (exact) mass is 146 g/mol. The average molecular weight is 146 g/mol. The molecule has 0 saturated heterocycles. The summed E-state index contributed by atoms with van der Waals surface area (Å²) in [7, 11) is 1.93. The van der Waals surface area contributed by atoms with Crippen molar-refractivity contribution in [2.24, 2.45) is 7.05 Å². The maximum atomic E-state index is 9.12. The van der Waals surface area contributed by atoms with E-state index in [0.29, 0.717) is 5.75 Å². The Hall–Kier alpha value is -1.44. The van der Waals surface area contributed by atoms with Gasteiger partial charge in [0.2, 0.25) is 0 Å². The van der Waals surface area contributed by atoms with Crippen molar-refractivity contribution in [2.45, 2.75) is 0 Å². The van der Waals surface area contributed by atoms with E-state index >= 15 is 0 Å². The van der Waals surface area contributed by atoms with Crippen LogP contribution in [0.4, 0.5) is 0 Å². The number of nitrogens with zero attached hydrogens (tertiary/aromatic N) is 1. The fourth-order valence-corrected chi connectivity index (χ4v) is 1.20. The van der Waals surface area contributed by atoms with Gasteiger partial charge >= 0.3 is 0 Å². The first-order valence-corrected chi connectivity index (χ1v) is 3.43. The van der Waals surface area contributed by atoms with Gasteiger partial charge in [-0.2, -0.15) is 0 Å². The van der Waals surface area contributed by atoms with E-state index < -0.39 is 0 Å². The molecule has 0 aliphatic heterocycles. The van der Waals surface area contributed by atoms with Crippen LogP contribution in [0.5, 0.6) is 5.75 Å². The highest BCUT2D eigenvalue weighted by Gasteiger charge is 1.97. The SMILES string of the molecule is Cn1[c]cc2cc(O)ccc21. The van der Waals surface area contributed by atoms with E-state index in [9.17, 15) is 0 Å². The summed E-state index contributed by atoms with van der Waals surface area (Å²) in [6.07, 6.45) is 3.01. The Balaban J connectivity index is 2.86. The molecule has 11 heavy (non-hydrogen) atoms. The number of phenols is 1. The van der Waals surface area contributed by atoms with Gasteiger partial charge in [0.25, 0.3) is 0 Å². The molecule has 1 N–H and O–H groups in total. The van der Waals surface area contributed by atoms with Crippen LogP contribution >= 0.6 is 0 Å². The molecule has 0 bridgehead atoms. The molecule has 0 saturated carbocycles. The fourth-order valence-electron chi connectivity index (χ4n) is 1.20. The Morgan fingerprint density at radius 3 is 3.09 bits per heavy atom. The number of aromatic hydroxyl groups is 1. The van der Waals surface area contributed by atoms with E-state index in [0.717, 1.165) is 10.9 Å². The second-order valence-electron chi connectivity index (χ2n) is 2.58. The number of aromatic nitrogens is 1. The summed E-state index contributed by atoms with van der Waals surface area (Å²) in [6.45, 7) is 0. The molecule has 0 spiro atoms. The Labute approximate surface area is 64.7 Å². The molecule has 2 rings (SSSR count). The zero-order valence-electron chi connectivity index (χ0n) is 6.20. The molecule has 55 valence electrons. The molecule has 0 aliphatic carbocycles. The highest BCUT2D eigenvalue weighted by atomic mass is 16.3. The third-order valence-corrected chi connectivity index (χ3v) is 1.79. The summed E-state index contributed by atoms with van der Waals surface area (Å²) in [5.74, 6) is 0.303. The summed E-state index contributed by atoms with van der Waals surface area (Å²) in [4.78, 5) is 0. The number of aryl methyl sites for hydroxylation is 1. The number of rotatable bonds is 0. The van der Waals surface area contributed by atoms with Crippen molar-refractivity contribution in [1.82, 2.24) is 4.57 Å². The number of hydrogen-bond acceptors (Lipinski definition) is 1. The average Bonchev–Trinajstić information content (AvgIpc) is 2.32. The van der Waals surface area contributed by atoms with Crippen LogP contribution in [0.25, 0.3) is 10.9 Å². The van der Waals surface area contributed by atoms with Gasteiger partial charge in [0, 0.05) is 18.0 Å². The van der Waals surface area contributed by atoms with Crippen molar-refractivity contribution in [3.05, 3.63) is 30.5 Å². The minimum absolute atomic E-state index is 0.303. The number of fused-ring (bicyclic) bond motifs is 1. The van der Waals surface area contributed by atoms with Gasteiger partial charge in [0.15, 0.2) is 0 Å². The van der Waals surface area contributed by atoms with Crippen molar-refractivity contribution in [3.8, 4) is 5.75 Å². The number of benzene rings is 1. The molecule has 2 aromatic rings. The van der Waals surface area contributed by atoms with E-state index in [-0.39, 0.29) is 0 Å². The van der Waals surface area contributed by atoms with Crippen LogP contribution in [0.2, 0.25) is 0 Å². The van der Waals surface area contributed by atoms with Crippen LogP contribution in [0.15, 0.2) is 24.3 Å². The molecular formula is C9H8NO. The summed E-state index contributed by atoms with van der Waals surface area (Å²) in [5.41, 5.74) is 1.09. The van der Waals surface area contributed by atoms with E-state index in [2.05, 4.69) is 6.20 Å². The van der Waals surface area contributed by atoms with E-state index in [1.807, 2.05) is 23.7 Å². The maximum Gasteiger partial charge on any atom is 0.116 e. The van der Waals surface area contributed by atoms with Gasteiger partial charge in [-0.25, -0.2) is 0 Å². The molecular weight excluding hydrogens is 138 g/mol. The van der Waals surface area contributed by atoms with Gasteiger partial charge in [-0.3, -0.25) is 0 Å². The van der Waals surface area contributed by atoms with Crippen LogP contribution in [-0.2, 0) is 7.05 Å². The third-order valence-electron chi connectivity index (χ3n) is 1.79. The highest BCUT2D eigenvalue weighted by Crippen LogP contribution is 2.19. The van der Waals surface area contributed by atoms with Gasteiger partial charge < -0.3 is 9.67 Å². The summed E-state index contributed by atoms with van der Waals surface area (Å²) in [5, 5.41) is 10.1. The summed E-state index contributed by atoms with van der Waals surface area (Å²) < 4.78 is 1.90. The Morgan fingerprint density at radius 2 is 2.27 bits per heavy atom. The first-order valence-electron chi connectivity index (χ1n) is 3.43. The van der Waals surface area contributed by atoms with Gasteiger partial charge in [-0.05, 0) is 24.3 Å². The van der Waals surface area contributed by atoms with Gasteiger partial charge in [0.05, 0.1) is 6.20 Å². The predicted octanol–water partition coefficient (Wildman–Crippen LogP) is 1.68. The fraction of sp³-hybridized carbons (Fsp3) is 0.111. The Morgan fingerprint density at radius 1 is 1.45 bits per heavy atom. The quantitative estimate of drug-likeness (QED) is 0.601. The smallest absolute Gasteiger partial charge is 0.116 e. The van der Waals surface area contributed by atoms with Crippen LogP contribution in [0.1, 0.15) is 0 Å². The van der Waals surface area contributed by atoms with E-state index in [4.69, 9.17) is 5.11 Å². The van der Waals surface area contributed by atoms with Crippen molar-refractivity contribution in [1.29, 1.82) is 0 Å². The molecule has 1 heterocycles. The zero-order valence-corrected chi connectivity index (χ0v) is 6.20. The van der Waals surface area contributed by atoms with Crippen molar-refractivity contribution in [3.63, 3.8) is 0 Å². The molecule has 1 aromatic carbocycles. The molecule has 0 atom stereocenters. The standard InChI is InChI=1S/C9H8NO/c1-10-5-4-7-6-8(11)2-3-9(7)10/h2-4,6,11H,1H3. The molecule has 0 unspecified atom stereocenters. The predicted molar refractivity (Wildman–Crippen MR) is 43.4 cm³/mol. The maximum absolute atomic E-state index is 9.12. The zero-order chi connectivity index (χ0) is 7.84. The Bertz CT molecular complexity index is 389. The molecule has 2 heteroatoms. The van der Waals surface area contributed by atoms with Crippen LogP contribution in [-0.4, -0.2) is 9.67 Å². The highest BCUT2D eigenvalue weighted by molar-refractivity contribution is 5.81. The third kappa shape index (κ3) is 0.871. The minimum Gasteiger partial charge on any atom is -0.508 e. The molecule has 2 nitrogen and oxygen atoms in total. The minimum atomic E-state index is 0.303. The summed E-state index contributed by atoms with van der Waals surface area (Å²) in [6, 6.07) is 7.14. The molecule has 0 aliphatic rings. The number of hydrogen-bond donors (Lipinski definition) is 1. The van der Waals surface area contributed by atoms with E-state index in [1.54, 1.807) is 12.1 Å². The number of phenolic OH excluding ortho intramolecular Hbond substituents is 1. The van der Waals surface area contributed by atoms with Gasteiger partial charge in [-0.15, -0.1) is 0 Å². The molecule has 1 aromatic heterocycles.